The molecule has 3 aromatic carbocycles. The summed E-state index contributed by atoms with van der Waals surface area (Å²) in [6, 6.07) is 20.2. The van der Waals surface area contributed by atoms with E-state index in [4.69, 9.17) is 16.3 Å². The van der Waals surface area contributed by atoms with E-state index in [-0.39, 0.29) is 25.0 Å². The van der Waals surface area contributed by atoms with Gasteiger partial charge in [-0.25, -0.2) is 0 Å². The third kappa shape index (κ3) is 5.76. The molecule has 6 heteroatoms. The van der Waals surface area contributed by atoms with Gasteiger partial charge >= 0.3 is 0 Å². The highest BCUT2D eigenvalue weighted by Crippen LogP contribution is 2.25. The van der Waals surface area contributed by atoms with Crippen LogP contribution in [0.1, 0.15) is 25.8 Å². The van der Waals surface area contributed by atoms with Gasteiger partial charge in [0.25, 0.3) is 5.91 Å². The van der Waals surface area contributed by atoms with E-state index in [0.29, 0.717) is 17.3 Å². The lowest BCUT2D eigenvalue weighted by Gasteiger charge is -2.29. The zero-order valence-electron chi connectivity index (χ0n) is 17.8. The normalized spacial score (nSPS) is 11.7. The highest BCUT2D eigenvalue weighted by molar-refractivity contribution is 6.31. The molecule has 0 aromatic heterocycles. The van der Waals surface area contributed by atoms with Crippen molar-refractivity contribution in [2.45, 2.75) is 32.9 Å². The number of benzene rings is 3. The molecule has 0 heterocycles. The predicted molar refractivity (Wildman–Crippen MR) is 124 cm³/mol. The van der Waals surface area contributed by atoms with E-state index < -0.39 is 6.04 Å². The van der Waals surface area contributed by atoms with E-state index in [2.05, 4.69) is 5.32 Å². The van der Waals surface area contributed by atoms with E-state index in [1.807, 2.05) is 67.6 Å². The average molecular weight is 439 g/mol. The lowest BCUT2D eigenvalue weighted by Crippen LogP contribution is -2.49. The zero-order valence-corrected chi connectivity index (χ0v) is 18.6. The van der Waals surface area contributed by atoms with Gasteiger partial charge in [-0.1, -0.05) is 73.1 Å². The second-order valence-electron chi connectivity index (χ2n) is 7.35. The van der Waals surface area contributed by atoms with Gasteiger partial charge in [0.05, 0.1) is 0 Å². The smallest absolute Gasteiger partial charge is 0.261 e. The molecule has 0 aliphatic heterocycles. The Morgan fingerprint density at radius 3 is 2.52 bits per heavy atom. The summed E-state index contributed by atoms with van der Waals surface area (Å²) in [5.74, 6) is 0.145. The molecule has 0 spiro atoms. The molecule has 0 bridgehead atoms. The van der Waals surface area contributed by atoms with Crippen molar-refractivity contribution in [3.05, 3.63) is 77.3 Å². The summed E-state index contributed by atoms with van der Waals surface area (Å²) in [6.45, 7) is 4.30. The van der Waals surface area contributed by atoms with Gasteiger partial charge in [-0.15, -0.1) is 0 Å². The van der Waals surface area contributed by atoms with Gasteiger partial charge < -0.3 is 15.0 Å². The Morgan fingerprint density at radius 2 is 1.74 bits per heavy atom. The first kappa shape index (κ1) is 22.6. The van der Waals surface area contributed by atoms with Crippen molar-refractivity contribution < 1.29 is 14.3 Å². The minimum Gasteiger partial charge on any atom is -0.483 e. The molecule has 5 nitrogen and oxygen atoms in total. The molecule has 1 N–H and O–H groups in total. The first-order chi connectivity index (χ1) is 15.0. The van der Waals surface area contributed by atoms with Crippen LogP contribution in [0.5, 0.6) is 5.75 Å². The summed E-state index contributed by atoms with van der Waals surface area (Å²) in [4.78, 5) is 27.3. The SMILES string of the molecule is CCCNC(=O)C(C)N(Cc1ccccc1Cl)C(=O)COc1cccc2ccccc12. The van der Waals surface area contributed by atoms with Gasteiger partial charge in [-0.05, 0) is 36.4 Å². The van der Waals surface area contributed by atoms with Crippen molar-refractivity contribution in [2.24, 2.45) is 0 Å². The van der Waals surface area contributed by atoms with E-state index in [9.17, 15) is 9.59 Å². The molecule has 1 unspecified atom stereocenters. The molecule has 162 valence electrons. The van der Waals surface area contributed by atoms with Crippen LogP contribution in [0.15, 0.2) is 66.7 Å². The van der Waals surface area contributed by atoms with E-state index in [1.54, 1.807) is 13.0 Å². The van der Waals surface area contributed by atoms with Crippen LogP contribution < -0.4 is 10.1 Å². The number of ether oxygens (including phenoxy) is 1. The minimum atomic E-state index is -0.661. The number of rotatable bonds is 9. The third-order valence-corrected chi connectivity index (χ3v) is 5.48. The molecule has 0 radical (unpaired) electrons. The lowest BCUT2D eigenvalue weighted by atomic mass is 10.1. The Labute approximate surface area is 188 Å². The molecular formula is C25H27ClN2O3. The number of fused-ring (bicyclic) bond motifs is 1. The number of nitrogens with zero attached hydrogens (tertiary/aromatic N) is 1. The van der Waals surface area contributed by atoms with Crippen LogP contribution in [0.3, 0.4) is 0 Å². The number of carbonyl (C=O) groups excluding carboxylic acids is 2. The lowest BCUT2D eigenvalue weighted by molar-refractivity contribution is -0.142. The van der Waals surface area contributed by atoms with Crippen LogP contribution in [-0.4, -0.2) is 35.9 Å². The van der Waals surface area contributed by atoms with Crippen molar-refractivity contribution >= 4 is 34.2 Å². The van der Waals surface area contributed by atoms with E-state index >= 15 is 0 Å². The Kier molecular flexibility index (Phi) is 7.90. The van der Waals surface area contributed by atoms with Gasteiger partial charge in [0.2, 0.25) is 5.91 Å². The van der Waals surface area contributed by atoms with Crippen LogP contribution in [-0.2, 0) is 16.1 Å². The molecule has 0 saturated carbocycles. The van der Waals surface area contributed by atoms with Crippen molar-refractivity contribution in [1.29, 1.82) is 0 Å². The Hall–Kier alpha value is -3.05. The Bertz CT molecular complexity index is 1050. The van der Waals surface area contributed by atoms with E-state index in [0.717, 1.165) is 22.8 Å². The monoisotopic (exact) mass is 438 g/mol. The molecule has 0 saturated heterocycles. The predicted octanol–water partition coefficient (Wildman–Crippen LogP) is 4.82. The van der Waals surface area contributed by atoms with Gasteiger partial charge in [0, 0.05) is 23.5 Å². The largest absolute Gasteiger partial charge is 0.483 e. The topological polar surface area (TPSA) is 58.6 Å². The quantitative estimate of drug-likeness (QED) is 0.521. The molecule has 2 amide bonds. The maximum atomic E-state index is 13.2. The standard InChI is InChI=1S/C25H27ClN2O3/c1-3-15-27-25(30)18(2)28(16-20-10-5-7-13-22(20)26)24(29)17-31-23-14-8-11-19-9-4-6-12-21(19)23/h4-14,18H,3,15-17H2,1-2H3,(H,27,30). The summed E-state index contributed by atoms with van der Waals surface area (Å²) in [5.41, 5.74) is 0.776. The molecule has 31 heavy (non-hydrogen) atoms. The molecule has 0 aliphatic rings. The second-order valence-corrected chi connectivity index (χ2v) is 7.75. The van der Waals surface area contributed by atoms with Crippen molar-refractivity contribution in [3.63, 3.8) is 0 Å². The number of hydrogen-bond acceptors (Lipinski definition) is 3. The number of hydrogen-bond donors (Lipinski definition) is 1. The summed E-state index contributed by atoms with van der Waals surface area (Å²) in [5, 5.41) is 5.38. The Balaban J connectivity index is 1.79. The fourth-order valence-electron chi connectivity index (χ4n) is 3.33. The van der Waals surface area contributed by atoms with Crippen LogP contribution in [0.2, 0.25) is 5.02 Å². The average Bonchev–Trinajstić information content (AvgIpc) is 2.80. The second kappa shape index (κ2) is 10.8. The summed E-state index contributed by atoms with van der Waals surface area (Å²) >= 11 is 6.31. The summed E-state index contributed by atoms with van der Waals surface area (Å²) in [7, 11) is 0. The minimum absolute atomic E-state index is 0.177. The maximum Gasteiger partial charge on any atom is 0.261 e. The van der Waals surface area contributed by atoms with E-state index in [1.165, 1.54) is 4.90 Å². The third-order valence-electron chi connectivity index (χ3n) is 5.12. The van der Waals surface area contributed by atoms with Gasteiger partial charge in [0.15, 0.2) is 6.61 Å². The van der Waals surface area contributed by atoms with Crippen LogP contribution in [0.25, 0.3) is 10.8 Å². The molecule has 0 aliphatic carbocycles. The molecule has 3 rings (SSSR count). The number of nitrogens with one attached hydrogen (secondary N) is 1. The first-order valence-corrected chi connectivity index (χ1v) is 10.8. The van der Waals surface area contributed by atoms with Crippen LogP contribution in [0, 0.1) is 0 Å². The van der Waals surface area contributed by atoms with Crippen molar-refractivity contribution in [3.8, 4) is 5.75 Å². The van der Waals surface area contributed by atoms with Crippen molar-refractivity contribution in [2.75, 3.05) is 13.2 Å². The fraction of sp³-hybridized carbons (Fsp3) is 0.280. The molecular weight excluding hydrogens is 412 g/mol. The van der Waals surface area contributed by atoms with Crippen LogP contribution >= 0.6 is 11.6 Å². The van der Waals surface area contributed by atoms with Crippen molar-refractivity contribution in [1.82, 2.24) is 10.2 Å². The number of carbonyl (C=O) groups is 2. The zero-order chi connectivity index (χ0) is 22.2. The highest BCUT2D eigenvalue weighted by Gasteiger charge is 2.27. The number of halogens is 1. The highest BCUT2D eigenvalue weighted by atomic mass is 35.5. The van der Waals surface area contributed by atoms with Gasteiger partial charge in [-0.3, -0.25) is 9.59 Å². The first-order valence-electron chi connectivity index (χ1n) is 10.4. The number of amides is 2. The molecule has 1 atom stereocenters. The molecule has 0 fully saturated rings. The maximum absolute atomic E-state index is 13.2. The summed E-state index contributed by atoms with van der Waals surface area (Å²) in [6.07, 6.45) is 0.821. The van der Waals surface area contributed by atoms with Gasteiger partial charge in [-0.2, -0.15) is 0 Å². The van der Waals surface area contributed by atoms with Crippen LogP contribution in [0.4, 0.5) is 0 Å². The molecule has 3 aromatic rings. The fourth-order valence-corrected chi connectivity index (χ4v) is 3.53. The van der Waals surface area contributed by atoms with Gasteiger partial charge in [0.1, 0.15) is 11.8 Å². The summed E-state index contributed by atoms with van der Waals surface area (Å²) < 4.78 is 5.89. The Morgan fingerprint density at radius 1 is 1.03 bits per heavy atom.